The Morgan fingerprint density at radius 3 is 2.28 bits per heavy atom. The minimum atomic E-state index is -0.260. The Morgan fingerprint density at radius 2 is 1.69 bits per heavy atom. The molecule has 0 radical (unpaired) electrons. The van der Waals surface area contributed by atoms with Crippen LogP contribution in [0, 0.1) is 5.92 Å². The Balaban J connectivity index is 1.71. The number of carbonyl (C=O) groups is 2. The molecule has 0 spiro atoms. The molecule has 1 aliphatic heterocycles. The van der Waals surface area contributed by atoms with E-state index < -0.39 is 0 Å². The van der Waals surface area contributed by atoms with Gasteiger partial charge >= 0.3 is 0 Å². The van der Waals surface area contributed by atoms with Gasteiger partial charge in [-0.1, -0.05) is 19.9 Å². The second-order valence-corrected chi connectivity index (χ2v) is 7.93. The summed E-state index contributed by atoms with van der Waals surface area (Å²) in [6, 6.07) is 9.39. The molecule has 7 heteroatoms. The number of carbonyl (C=O) groups excluding carboxylic acids is 2. The van der Waals surface area contributed by atoms with Gasteiger partial charge in [-0.05, 0) is 53.5 Å². The summed E-state index contributed by atoms with van der Waals surface area (Å²) in [7, 11) is 4.63. The molecule has 2 aromatic carbocycles. The largest absolute Gasteiger partial charge is 0.493 e. The van der Waals surface area contributed by atoms with Crippen LogP contribution in [0.5, 0.6) is 17.2 Å². The summed E-state index contributed by atoms with van der Waals surface area (Å²) in [5.74, 6) is 1.39. The van der Waals surface area contributed by atoms with Gasteiger partial charge in [0.2, 0.25) is 17.6 Å². The number of hydrogen-bond acceptors (Lipinski definition) is 5. The van der Waals surface area contributed by atoms with Crippen molar-refractivity contribution >= 4 is 23.6 Å². The van der Waals surface area contributed by atoms with E-state index in [0.29, 0.717) is 29.5 Å². The molecule has 2 aromatic rings. The number of amides is 2. The van der Waals surface area contributed by atoms with Crippen molar-refractivity contribution in [1.82, 2.24) is 4.90 Å². The molecule has 0 bridgehead atoms. The van der Waals surface area contributed by atoms with E-state index in [1.807, 2.05) is 36.9 Å². The van der Waals surface area contributed by atoms with E-state index in [9.17, 15) is 9.59 Å². The maximum absolute atomic E-state index is 12.5. The van der Waals surface area contributed by atoms with Gasteiger partial charge in [-0.25, -0.2) is 0 Å². The van der Waals surface area contributed by atoms with Gasteiger partial charge in [0, 0.05) is 30.8 Å². The number of benzene rings is 2. The van der Waals surface area contributed by atoms with Crippen molar-refractivity contribution in [2.45, 2.75) is 26.8 Å². The van der Waals surface area contributed by atoms with Gasteiger partial charge in [-0.3, -0.25) is 9.59 Å². The number of fused-ring (bicyclic) bond motifs is 1. The average Bonchev–Trinajstić information content (AvgIpc) is 2.80. The van der Waals surface area contributed by atoms with Crippen LogP contribution in [0.1, 0.15) is 30.5 Å². The van der Waals surface area contributed by atoms with Crippen molar-refractivity contribution in [3.05, 3.63) is 53.1 Å². The molecule has 0 saturated heterocycles. The van der Waals surface area contributed by atoms with Gasteiger partial charge in [0.05, 0.1) is 21.3 Å². The van der Waals surface area contributed by atoms with Gasteiger partial charge < -0.3 is 24.4 Å². The first kappa shape index (κ1) is 23.2. The Labute approximate surface area is 189 Å². The lowest BCUT2D eigenvalue weighted by atomic mass is 9.98. The fraction of sp³-hybridized carbons (Fsp3) is 0.360. The van der Waals surface area contributed by atoms with E-state index in [1.165, 1.54) is 11.6 Å². The third-order valence-corrected chi connectivity index (χ3v) is 5.41. The maximum atomic E-state index is 12.5. The lowest BCUT2D eigenvalue weighted by Gasteiger charge is -2.30. The SMILES string of the molecule is COc1cc(/C=C/C(=O)Nc2ccc3c(c2)CN(C(=O)C(C)C)CC3)cc(OC)c1OC. The summed E-state index contributed by atoms with van der Waals surface area (Å²) >= 11 is 0. The minimum Gasteiger partial charge on any atom is -0.493 e. The molecule has 32 heavy (non-hydrogen) atoms. The molecule has 0 atom stereocenters. The molecule has 2 amide bonds. The van der Waals surface area contributed by atoms with Crippen LogP contribution in [0.3, 0.4) is 0 Å². The summed E-state index contributed by atoms with van der Waals surface area (Å²) in [5.41, 5.74) is 3.71. The van der Waals surface area contributed by atoms with Gasteiger partial charge in [-0.2, -0.15) is 0 Å². The van der Waals surface area contributed by atoms with Crippen molar-refractivity contribution in [2.24, 2.45) is 5.92 Å². The second-order valence-electron chi connectivity index (χ2n) is 7.93. The van der Waals surface area contributed by atoms with Crippen molar-refractivity contribution in [2.75, 3.05) is 33.2 Å². The Kier molecular flexibility index (Phi) is 7.41. The molecule has 0 aromatic heterocycles. The van der Waals surface area contributed by atoms with Gasteiger partial charge in [0.25, 0.3) is 0 Å². The van der Waals surface area contributed by atoms with Crippen LogP contribution in [0.4, 0.5) is 5.69 Å². The van der Waals surface area contributed by atoms with E-state index >= 15 is 0 Å². The molecule has 1 N–H and O–H groups in total. The summed E-state index contributed by atoms with van der Waals surface area (Å²) in [6.45, 7) is 5.12. The Hall–Kier alpha value is -3.48. The summed E-state index contributed by atoms with van der Waals surface area (Å²) in [5, 5.41) is 2.89. The number of nitrogens with zero attached hydrogens (tertiary/aromatic N) is 1. The third-order valence-electron chi connectivity index (χ3n) is 5.41. The molecule has 0 saturated carbocycles. The van der Waals surface area contributed by atoms with Crippen LogP contribution in [0.2, 0.25) is 0 Å². The highest BCUT2D eigenvalue weighted by Gasteiger charge is 2.22. The van der Waals surface area contributed by atoms with Crippen molar-refractivity contribution < 1.29 is 23.8 Å². The molecule has 3 rings (SSSR count). The highest BCUT2D eigenvalue weighted by atomic mass is 16.5. The summed E-state index contributed by atoms with van der Waals surface area (Å²) < 4.78 is 16.0. The first-order chi connectivity index (χ1) is 15.4. The maximum Gasteiger partial charge on any atom is 0.248 e. The fourth-order valence-corrected chi connectivity index (χ4v) is 3.74. The molecular formula is C25H30N2O5. The zero-order valence-corrected chi connectivity index (χ0v) is 19.2. The number of ether oxygens (including phenoxy) is 3. The van der Waals surface area contributed by atoms with E-state index in [-0.39, 0.29) is 17.7 Å². The van der Waals surface area contributed by atoms with E-state index in [0.717, 1.165) is 24.1 Å². The average molecular weight is 439 g/mol. The topological polar surface area (TPSA) is 77.1 Å². The van der Waals surface area contributed by atoms with Crippen LogP contribution >= 0.6 is 0 Å². The van der Waals surface area contributed by atoms with Crippen LogP contribution in [0.15, 0.2) is 36.4 Å². The normalized spacial score (nSPS) is 13.1. The van der Waals surface area contributed by atoms with Crippen molar-refractivity contribution in [3.8, 4) is 17.2 Å². The number of hydrogen-bond donors (Lipinski definition) is 1. The minimum absolute atomic E-state index is 0.0280. The van der Waals surface area contributed by atoms with Crippen LogP contribution in [-0.2, 0) is 22.6 Å². The predicted molar refractivity (Wildman–Crippen MR) is 124 cm³/mol. The first-order valence-corrected chi connectivity index (χ1v) is 10.6. The lowest BCUT2D eigenvalue weighted by Crippen LogP contribution is -2.38. The first-order valence-electron chi connectivity index (χ1n) is 10.6. The number of rotatable bonds is 7. The molecule has 0 aliphatic carbocycles. The second kappa shape index (κ2) is 10.2. The van der Waals surface area contributed by atoms with E-state index in [2.05, 4.69) is 5.32 Å². The highest BCUT2D eigenvalue weighted by Crippen LogP contribution is 2.38. The standard InChI is InChI=1S/C25H30N2O5/c1-16(2)25(29)27-11-10-18-7-8-20(14-19(18)15-27)26-23(28)9-6-17-12-21(30-3)24(32-5)22(13-17)31-4/h6-9,12-14,16H,10-11,15H2,1-5H3,(H,26,28)/b9-6+. The van der Waals surface area contributed by atoms with Crippen molar-refractivity contribution in [1.29, 1.82) is 0 Å². The summed E-state index contributed by atoms with van der Waals surface area (Å²) in [4.78, 5) is 26.7. The molecule has 1 heterocycles. The van der Waals surface area contributed by atoms with Gasteiger partial charge in [0.15, 0.2) is 11.5 Å². The van der Waals surface area contributed by atoms with E-state index in [1.54, 1.807) is 39.5 Å². The van der Waals surface area contributed by atoms with Crippen LogP contribution in [0.25, 0.3) is 6.08 Å². The zero-order chi connectivity index (χ0) is 23.3. The summed E-state index contributed by atoms with van der Waals surface area (Å²) in [6.07, 6.45) is 3.96. The molecule has 7 nitrogen and oxygen atoms in total. The van der Waals surface area contributed by atoms with Gasteiger partial charge in [0.1, 0.15) is 0 Å². The Bertz CT molecular complexity index is 1000. The molecule has 1 aliphatic rings. The smallest absolute Gasteiger partial charge is 0.248 e. The quantitative estimate of drug-likeness (QED) is 0.664. The highest BCUT2D eigenvalue weighted by molar-refractivity contribution is 6.02. The molecule has 0 fully saturated rings. The predicted octanol–water partition coefficient (Wildman–Crippen LogP) is 3.91. The number of nitrogens with one attached hydrogen (secondary N) is 1. The molecular weight excluding hydrogens is 408 g/mol. The fourth-order valence-electron chi connectivity index (χ4n) is 3.74. The number of methoxy groups -OCH3 is 3. The third kappa shape index (κ3) is 5.22. The van der Waals surface area contributed by atoms with Crippen molar-refractivity contribution in [3.63, 3.8) is 0 Å². The lowest BCUT2D eigenvalue weighted by molar-refractivity contribution is -0.135. The molecule has 170 valence electrons. The van der Waals surface area contributed by atoms with Gasteiger partial charge in [-0.15, -0.1) is 0 Å². The van der Waals surface area contributed by atoms with Crippen LogP contribution in [-0.4, -0.2) is 44.6 Å². The van der Waals surface area contributed by atoms with Crippen LogP contribution < -0.4 is 19.5 Å². The van der Waals surface area contributed by atoms with E-state index in [4.69, 9.17) is 14.2 Å². The number of anilines is 1. The molecule has 0 unspecified atom stereocenters. The monoisotopic (exact) mass is 438 g/mol. The zero-order valence-electron chi connectivity index (χ0n) is 19.2. The Morgan fingerprint density at radius 1 is 1.00 bits per heavy atom.